The van der Waals surface area contributed by atoms with E-state index in [0.717, 1.165) is 0 Å². The molecule has 2 rings (SSSR count). The fraction of sp³-hybridized carbons (Fsp3) is 0.182. The molecule has 0 aliphatic heterocycles. The normalized spacial score (nSPS) is 10.2. The monoisotopic (exact) mass is 251 g/mol. The van der Waals surface area contributed by atoms with Crippen LogP contribution in [0.5, 0.6) is 5.75 Å². The van der Waals surface area contributed by atoms with Crippen molar-refractivity contribution in [2.24, 2.45) is 7.05 Å². The van der Waals surface area contributed by atoms with Gasteiger partial charge < -0.3 is 4.74 Å². The van der Waals surface area contributed by atoms with Gasteiger partial charge in [0.1, 0.15) is 18.1 Å². The van der Waals surface area contributed by atoms with Gasteiger partial charge in [-0.15, -0.1) is 5.10 Å². The second-order valence-corrected chi connectivity index (χ2v) is 3.91. The van der Waals surface area contributed by atoms with Crippen molar-refractivity contribution in [2.75, 3.05) is 0 Å². The van der Waals surface area contributed by atoms with Crippen molar-refractivity contribution in [1.29, 1.82) is 0 Å². The van der Waals surface area contributed by atoms with Crippen LogP contribution in [0.2, 0.25) is 5.02 Å². The molecule has 0 bridgehead atoms. The summed E-state index contributed by atoms with van der Waals surface area (Å²) in [5.41, 5.74) is 1.11. The molecule has 1 aromatic heterocycles. The number of halogens is 1. The highest BCUT2D eigenvalue weighted by Crippen LogP contribution is 2.21. The molecule has 0 spiro atoms. The Hall–Kier alpha value is -1.88. The summed E-state index contributed by atoms with van der Waals surface area (Å²) in [6.07, 6.45) is 2.45. The molecule has 0 saturated heterocycles. The molecule has 17 heavy (non-hydrogen) atoms. The first-order chi connectivity index (χ1) is 8.19. The first-order valence-electron chi connectivity index (χ1n) is 4.92. The van der Waals surface area contributed by atoms with Gasteiger partial charge in [-0.1, -0.05) is 16.8 Å². The molecule has 0 aliphatic carbocycles. The number of hydrogen-bond acceptors (Lipinski definition) is 4. The lowest BCUT2D eigenvalue weighted by atomic mass is 10.2. The Balaban J connectivity index is 2.11. The van der Waals surface area contributed by atoms with E-state index >= 15 is 0 Å². The van der Waals surface area contributed by atoms with Gasteiger partial charge in [0.15, 0.2) is 6.29 Å². The van der Waals surface area contributed by atoms with Crippen molar-refractivity contribution >= 4 is 17.9 Å². The van der Waals surface area contributed by atoms with Gasteiger partial charge in [0.05, 0.1) is 11.8 Å². The summed E-state index contributed by atoms with van der Waals surface area (Å²) in [4.78, 5) is 10.8. The van der Waals surface area contributed by atoms with Gasteiger partial charge in [0, 0.05) is 12.1 Å². The van der Waals surface area contributed by atoms with Gasteiger partial charge in [0.25, 0.3) is 0 Å². The zero-order valence-corrected chi connectivity index (χ0v) is 9.89. The van der Waals surface area contributed by atoms with Crippen LogP contribution in [0.3, 0.4) is 0 Å². The Morgan fingerprint density at radius 3 is 3.00 bits per heavy atom. The van der Waals surface area contributed by atoms with Crippen LogP contribution < -0.4 is 4.74 Å². The highest BCUT2D eigenvalue weighted by Gasteiger charge is 2.05. The smallest absolute Gasteiger partial charge is 0.153 e. The van der Waals surface area contributed by atoms with Crippen LogP contribution >= 0.6 is 11.6 Å². The van der Waals surface area contributed by atoms with Crippen LogP contribution in [0.4, 0.5) is 0 Å². The molecular formula is C11H10ClN3O2. The molecule has 0 aliphatic rings. The van der Waals surface area contributed by atoms with E-state index in [-0.39, 0.29) is 6.61 Å². The van der Waals surface area contributed by atoms with Gasteiger partial charge in [-0.05, 0) is 18.2 Å². The maximum atomic E-state index is 10.8. The van der Waals surface area contributed by atoms with Crippen LogP contribution in [0.15, 0.2) is 24.4 Å². The molecule has 1 heterocycles. The number of nitrogens with zero attached hydrogens (tertiary/aromatic N) is 3. The third kappa shape index (κ3) is 2.82. The largest absolute Gasteiger partial charge is 0.486 e. The van der Waals surface area contributed by atoms with Crippen molar-refractivity contribution in [3.63, 3.8) is 0 Å². The van der Waals surface area contributed by atoms with E-state index in [1.54, 1.807) is 36.1 Å². The quantitative estimate of drug-likeness (QED) is 0.779. The Morgan fingerprint density at radius 2 is 2.35 bits per heavy atom. The van der Waals surface area contributed by atoms with Gasteiger partial charge >= 0.3 is 0 Å². The summed E-state index contributed by atoms with van der Waals surface area (Å²) < 4.78 is 7.06. The molecule has 0 saturated carbocycles. The molecule has 0 N–H and O–H groups in total. The molecule has 6 heteroatoms. The van der Waals surface area contributed by atoms with Crippen molar-refractivity contribution in [2.45, 2.75) is 6.61 Å². The van der Waals surface area contributed by atoms with Crippen LogP contribution in [-0.4, -0.2) is 21.3 Å². The fourth-order valence-electron chi connectivity index (χ4n) is 1.36. The Labute approximate surface area is 103 Å². The van der Waals surface area contributed by atoms with Gasteiger partial charge in [-0.2, -0.15) is 0 Å². The average molecular weight is 252 g/mol. The minimum atomic E-state index is 0.260. The first-order valence-corrected chi connectivity index (χ1v) is 5.29. The summed E-state index contributed by atoms with van der Waals surface area (Å²) in [7, 11) is 1.77. The lowest BCUT2D eigenvalue weighted by molar-refractivity contribution is 0.111. The van der Waals surface area contributed by atoms with E-state index in [1.165, 1.54) is 0 Å². The molecule has 0 amide bonds. The van der Waals surface area contributed by atoms with E-state index in [0.29, 0.717) is 28.3 Å². The Kier molecular flexibility index (Phi) is 3.39. The zero-order chi connectivity index (χ0) is 12.3. The van der Waals surface area contributed by atoms with E-state index in [4.69, 9.17) is 16.3 Å². The lowest BCUT2D eigenvalue weighted by Gasteiger charge is -2.06. The number of hydrogen-bond donors (Lipinski definition) is 0. The van der Waals surface area contributed by atoms with Gasteiger partial charge in [0.2, 0.25) is 0 Å². The van der Waals surface area contributed by atoms with E-state index in [2.05, 4.69) is 10.3 Å². The molecule has 5 nitrogen and oxygen atoms in total. The molecule has 0 atom stereocenters. The minimum Gasteiger partial charge on any atom is -0.486 e. The lowest BCUT2D eigenvalue weighted by Crippen LogP contribution is -1.98. The minimum absolute atomic E-state index is 0.260. The molecule has 0 radical (unpaired) electrons. The standard InChI is InChI=1S/C11H10ClN3O2/c1-15-5-10(13-14-15)7-17-11-3-2-9(12)4-8(11)6-16/h2-6H,7H2,1H3. The summed E-state index contributed by atoms with van der Waals surface area (Å²) in [5, 5.41) is 8.16. The SMILES string of the molecule is Cn1cc(COc2ccc(Cl)cc2C=O)nn1. The zero-order valence-electron chi connectivity index (χ0n) is 9.13. The van der Waals surface area contributed by atoms with Crippen molar-refractivity contribution in [3.05, 3.63) is 40.7 Å². The van der Waals surface area contributed by atoms with Crippen LogP contribution in [0.25, 0.3) is 0 Å². The third-order valence-electron chi connectivity index (χ3n) is 2.12. The molecule has 2 aromatic rings. The number of aromatic nitrogens is 3. The maximum Gasteiger partial charge on any atom is 0.153 e. The number of aryl methyl sites for hydroxylation is 1. The molecular weight excluding hydrogens is 242 g/mol. The predicted molar refractivity (Wildman–Crippen MR) is 62.2 cm³/mol. The maximum absolute atomic E-state index is 10.8. The van der Waals surface area contributed by atoms with E-state index < -0.39 is 0 Å². The number of benzene rings is 1. The summed E-state index contributed by atoms with van der Waals surface area (Å²) >= 11 is 5.78. The fourth-order valence-corrected chi connectivity index (χ4v) is 1.54. The number of ether oxygens (including phenoxy) is 1. The summed E-state index contributed by atoms with van der Waals surface area (Å²) in [5.74, 6) is 0.482. The Bertz CT molecular complexity index is 539. The number of carbonyl (C=O) groups excluding carboxylic acids is 1. The number of rotatable bonds is 4. The van der Waals surface area contributed by atoms with Crippen LogP contribution in [0, 0.1) is 0 Å². The molecule has 0 unspecified atom stereocenters. The van der Waals surface area contributed by atoms with Crippen molar-refractivity contribution in [1.82, 2.24) is 15.0 Å². The number of carbonyl (C=O) groups is 1. The molecule has 0 fully saturated rings. The molecule has 88 valence electrons. The topological polar surface area (TPSA) is 57.0 Å². The van der Waals surface area contributed by atoms with Crippen LogP contribution in [-0.2, 0) is 13.7 Å². The predicted octanol–water partition coefficient (Wildman–Crippen LogP) is 1.86. The first kappa shape index (κ1) is 11.6. The third-order valence-corrected chi connectivity index (χ3v) is 2.36. The highest BCUT2D eigenvalue weighted by molar-refractivity contribution is 6.30. The number of aldehydes is 1. The summed E-state index contributed by atoms with van der Waals surface area (Å²) in [6.45, 7) is 0.260. The van der Waals surface area contributed by atoms with Crippen molar-refractivity contribution < 1.29 is 9.53 Å². The van der Waals surface area contributed by atoms with Gasteiger partial charge in [-0.3, -0.25) is 9.48 Å². The molecule has 1 aromatic carbocycles. The second-order valence-electron chi connectivity index (χ2n) is 3.47. The highest BCUT2D eigenvalue weighted by atomic mass is 35.5. The Morgan fingerprint density at radius 1 is 1.53 bits per heavy atom. The van der Waals surface area contributed by atoms with Gasteiger partial charge in [-0.25, -0.2) is 0 Å². The van der Waals surface area contributed by atoms with E-state index in [1.807, 2.05) is 0 Å². The average Bonchev–Trinajstić information content (AvgIpc) is 2.73. The van der Waals surface area contributed by atoms with E-state index in [9.17, 15) is 4.79 Å². The second kappa shape index (κ2) is 4.97. The summed E-state index contributed by atoms with van der Waals surface area (Å²) in [6, 6.07) is 4.88. The van der Waals surface area contributed by atoms with Crippen LogP contribution in [0.1, 0.15) is 16.1 Å². The van der Waals surface area contributed by atoms with Crippen molar-refractivity contribution in [3.8, 4) is 5.75 Å².